The van der Waals surface area contributed by atoms with Crippen LogP contribution in [-0.2, 0) is 4.79 Å². The molecule has 0 bridgehead atoms. The number of piperidine rings is 1. The summed E-state index contributed by atoms with van der Waals surface area (Å²) in [4.78, 5) is 59.8. The van der Waals surface area contributed by atoms with Gasteiger partial charge in [0.05, 0.1) is 18.4 Å². The highest BCUT2D eigenvalue weighted by Crippen LogP contribution is 2.35. The number of amides is 4. The van der Waals surface area contributed by atoms with E-state index in [9.17, 15) is 24.6 Å². The number of urea groups is 1. The maximum Gasteiger partial charge on any atom is 0.315 e. The summed E-state index contributed by atoms with van der Waals surface area (Å²) in [6.45, 7) is 2.28. The van der Waals surface area contributed by atoms with E-state index in [0.29, 0.717) is 17.9 Å². The monoisotopic (exact) mass is 801 g/mol. The molecule has 1 aliphatic heterocycles. The number of nitrogens with zero attached hydrogens (tertiary/aromatic N) is 6. The lowest BCUT2D eigenvalue weighted by Gasteiger charge is -2.33. The van der Waals surface area contributed by atoms with Gasteiger partial charge in [-0.1, -0.05) is 73.2 Å². The number of carbonyl (C=O) groups is 3. The second kappa shape index (κ2) is 18.2. The van der Waals surface area contributed by atoms with Crippen molar-refractivity contribution in [3.8, 4) is 0 Å². The van der Waals surface area contributed by atoms with Crippen LogP contribution in [-0.4, -0.2) is 110 Å². The number of hydrogen-bond acceptors (Lipinski definition) is 11. The lowest BCUT2D eigenvalue weighted by atomic mass is 9.84. The molecule has 0 unspecified atom stereocenters. The molecule has 59 heavy (non-hydrogen) atoms. The maximum atomic E-state index is 13.7. The molecule has 8 rings (SSSR count). The number of aliphatic hydroxyl groups excluding tert-OH is 2. The van der Waals surface area contributed by atoms with Gasteiger partial charge in [0.25, 0.3) is 5.91 Å². The fourth-order valence-electron chi connectivity index (χ4n) is 8.24. The van der Waals surface area contributed by atoms with E-state index >= 15 is 0 Å². The zero-order valence-corrected chi connectivity index (χ0v) is 32.8. The Morgan fingerprint density at radius 2 is 1.47 bits per heavy atom. The molecule has 7 N–H and O–H groups in total. The van der Waals surface area contributed by atoms with Crippen molar-refractivity contribution in [2.24, 2.45) is 5.92 Å². The molecule has 3 aromatic heterocycles. The van der Waals surface area contributed by atoms with E-state index in [-0.39, 0.29) is 60.8 Å². The van der Waals surface area contributed by atoms with E-state index in [1.54, 1.807) is 10.8 Å². The standard InChI is InChI=1S/C43H51N11O5/c55-36-32(50-41(57)29-14-9-15-29)24-33(37(36)56)54-26-48-35-38(47-25-31(27-10-3-1-4-11-27)28-12-5-2-6-13-28)51-39(52-40(35)54)42(58)45-20-21-46-43(59)49-30-17-22-53(23-18-30)34-16-7-8-19-44-34/h1-8,10-13,16,19,26,29-33,36-37,55-56H,9,14-15,17-18,20-25H2,(H,45,58)(H,50,57)(H2,46,49,59)(H,47,51,52)/t32-,33+,36+,37-/m0/s1. The highest BCUT2D eigenvalue weighted by molar-refractivity contribution is 5.94. The van der Waals surface area contributed by atoms with Gasteiger partial charge < -0.3 is 46.3 Å². The molecular formula is C43H51N11O5. The predicted octanol–water partition coefficient (Wildman–Crippen LogP) is 3.11. The number of nitrogens with one attached hydrogen (secondary N) is 5. The first-order valence-corrected chi connectivity index (χ1v) is 20.6. The van der Waals surface area contributed by atoms with Crippen LogP contribution in [0.1, 0.15) is 72.2 Å². The molecule has 308 valence electrons. The maximum absolute atomic E-state index is 13.7. The van der Waals surface area contributed by atoms with Crippen molar-refractivity contribution >= 4 is 40.6 Å². The molecule has 0 spiro atoms. The number of anilines is 2. The van der Waals surface area contributed by atoms with Crippen LogP contribution in [0.25, 0.3) is 11.2 Å². The van der Waals surface area contributed by atoms with Crippen LogP contribution >= 0.6 is 0 Å². The van der Waals surface area contributed by atoms with Crippen molar-refractivity contribution in [3.63, 3.8) is 0 Å². The van der Waals surface area contributed by atoms with Crippen molar-refractivity contribution in [1.82, 2.24) is 45.8 Å². The van der Waals surface area contributed by atoms with E-state index in [1.807, 2.05) is 54.6 Å². The van der Waals surface area contributed by atoms with Crippen LogP contribution in [0.5, 0.6) is 0 Å². The summed E-state index contributed by atoms with van der Waals surface area (Å²) in [7, 11) is 0. The fourth-order valence-corrected chi connectivity index (χ4v) is 8.24. The number of benzene rings is 2. The minimum Gasteiger partial charge on any atom is -0.388 e. The van der Waals surface area contributed by atoms with Crippen LogP contribution in [0.3, 0.4) is 0 Å². The van der Waals surface area contributed by atoms with Gasteiger partial charge in [0.15, 0.2) is 11.5 Å². The van der Waals surface area contributed by atoms with Gasteiger partial charge in [-0.25, -0.2) is 24.7 Å². The third-order valence-corrected chi connectivity index (χ3v) is 11.8. The Labute approximate surface area is 342 Å². The molecule has 4 amide bonds. The Morgan fingerprint density at radius 1 is 0.780 bits per heavy atom. The van der Waals surface area contributed by atoms with Crippen molar-refractivity contribution < 1.29 is 24.6 Å². The van der Waals surface area contributed by atoms with Crippen LogP contribution in [0, 0.1) is 5.92 Å². The molecule has 5 aromatic rings. The van der Waals surface area contributed by atoms with E-state index in [1.165, 1.54) is 6.33 Å². The number of aliphatic hydroxyl groups is 2. The van der Waals surface area contributed by atoms with Gasteiger partial charge in [-0.3, -0.25) is 9.59 Å². The topological polar surface area (TPSA) is 212 Å². The average molecular weight is 802 g/mol. The molecule has 4 atom stereocenters. The number of rotatable bonds is 14. The highest BCUT2D eigenvalue weighted by atomic mass is 16.3. The largest absolute Gasteiger partial charge is 0.388 e. The summed E-state index contributed by atoms with van der Waals surface area (Å²) in [5.74, 6) is 0.299. The zero-order chi connectivity index (χ0) is 40.7. The number of imidazole rings is 1. The molecule has 4 heterocycles. The van der Waals surface area contributed by atoms with Gasteiger partial charge in [0.1, 0.15) is 23.5 Å². The summed E-state index contributed by atoms with van der Waals surface area (Å²) in [6.07, 6.45) is 5.32. The molecular weight excluding hydrogens is 751 g/mol. The quantitative estimate of drug-likeness (QED) is 0.0812. The normalized spacial score (nSPS) is 20.9. The molecule has 16 heteroatoms. The summed E-state index contributed by atoms with van der Waals surface area (Å²) in [5, 5.41) is 37.4. The minimum absolute atomic E-state index is 0.0256. The van der Waals surface area contributed by atoms with E-state index < -0.39 is 30.2 Å². The zero-order valence-electron chi connectivity index (χ0n) is 32.8. The van der Waals surface area contributed by atoms with Gasteiger partial charge in [0, 0.05) is 56.8 Å². The molecule has 2 aliphatic carbocycles. The second-order valence-corrected chi connectivity index (χ2v) is 15.6. The second-order valence-electron chi connectivity index (χ2n) is 15.6. The molecule has 2 saturated carbocycles. The third-order valence-electron chi connectivity index (χ3n) is 11.8. The Kier molecular flexibility index (Phi) is 12.2. The molecule has 3 aliphatic rings. The summed E-state index contributed by atoms with van der Waals surface area (Å²) in [5.41, 5.74) is 2.85. The number of pyridine rings is 1. The predicted molar refractivity (Wildman–Crippen MR) is 222 cm³/mol. The van der Waals surface area contributed by atoms with Crippen LogP contribution in [0.4, 0.5) is 16.4 Å². The smallest absolute Gasteiger partial charge is 0.315 e. The SMILES string of the molecule is O=C(NCCNC(=O)c1nc(NCC(c2ccccc2)c2ccccc2)c2ncn([C@@H]3C[C@H](NC(=O)C4CCC4)[C@@H](O)[C@H]3O)c2n1)NC1CCN(c2ccccn2)CC1. The van der Waals surface area contributed by atoms with Crippen molar-refractivity contribution in [1.29, 1.82) is 0 Å². The van der Waals surface area contributed by atoms with Crippen molar-refractivity contribution in [2.45, 2.75) is 74.8 Å². The number of aromatic nitrogens is 5. The Hall–Kier alpha value is -6.13. The average Bonchev–Trinajstić information content (AvgIpc) is 3.79. The van der Waals surface area contributed by atoms with Crippen LogP contribution < -0.4 is 31.5 Å². The van der Waals surface area contributed by atoms with Gasteiger partial charge in [0.2, 0.25) is 11.7 Å². The number of hydrogen-bond donors (Lipinski definition) is 7. The van der Waals surface area contributed by atoms with Crippen molar-refractivity contribution in [3.05, 3.63) is 108 Å². The number of fused-ring (bicyclic) bond motifs is 1. The lowest BCUT2D eigenvalue weighted by molar-refractivity contribution is -0.129. The third kappa shape index (κ3) is 9.13. The minimum atomic E-state index is -1.23. The van der Waals surface area contributed by atoms with Gasteiger partial charge in [-0.15, -0.1) is 0 Å². The summed E-state index contributed by atoms with van der Waals surface area (Å²) < 4.78 is 1.65. The van der Waals surface area contributed by atoms with Gasteiger partial charge >= 0.3 is 6.03 Å². The first-order chi connectivity index (χ1) is 28.8. The van der Waals surface area contributed by atoms with Crippen LogP contribution in [0.15, 0.2) is 91.4 Å². The van der Waals surface area contributed by atoms with Crippen molar-refractivity contribution in [2.75, 3.05) is 42.9 Å². The Morgan fingerprint density at radius 3 is 2.14 bits per heavy atom. The lowest BCUT2D eigenvalue weighted by Crippen LogP contribution is -2.49. The fraction of sp³-hybridized carbons (Fsp3) is 0.419. The molecule has 0 radical (unpaired) electrons. The van der Waals surface area contributed by atoms with E-state index in [2.05, 4.69) is 75.7 Å². The van der Waals surface area contributed by atoms with E-state index in [4.69, 9.17) is 0 Å². The summed E-state index contributed by atoms with van der Waals surface area (Å²) in [6, 6.07) is 24.4. The Balaban J connectivity index is 0.961. The first-order valence-electron chi connectivity index (χ1n) is 20.6. The Bertz CT molecular complexity index is 2160. The molecule has 1 saturated heterocycles. The molecule has 16 nitrogen and oxygen atoms in total. The van der Waals surface area contributed by atoms with Gasteiger partial charge in [-0.2, -0.15) is 0 Å². The molecule has 3 fully saturated rings. The van der Waals surface area contributed by atoms with Gasteiger partial charge in [-0.05, 0) is 55.4 Å². The van der Waals surface area contributed by atoms with E-state index in [0.717, 1.165) is 62.1 Å². The highest BCUT2D eigenvalue weighted by Gasteiger charge is 2.45. The summed E-state index contributed by atoms with van der Waals surface area (Å²) >= 11 is 0. The van der Waals surface area contributed by atoms with Crippen LogP contribution in [0.2, 0.25) is 0 Å². The first kappa shape index (κ1) is 39.7. The number of carbonyl (C=O) groups excluding carboxylic acids is 3. The molecule has 2 aromatic carbocycles.